The van der Waals surface area contributed by atoms with Crippen molar-refractivity contribution >= 4 is 35.0 Å². The first-order valence-corrected chi connectivity index (χ1v) is 9.85. The van der Waals surface area contributed by atoms with Crippen LogP contribution in [0.5, 0.6) is 5.75 Å². The second kappa shape index (κ2) is 8.64. The number of aromatic carboxylic acids is 1. The van der Waals surface area contributed by atoms with Crippen LogP contribution < -0.4 is 20.8 Å². The minimum absolute atomic E-state index is 0. The number of ether oxygens (including phenoxy) is 1. The molecule has 2 fully saturated rings. The van der Waals surface area contributed by atoms with Gasteiger partial charge in [-0.3, -0.25) is 4.79 Å². The summed E-state index contributed by atoms with van der Waals surface area (Å²) in [7, 11) is 1.45. The number of pyridine rings is 1. The summed E-state index contributed by atoms with van der Waals surface area (Å²) >= 11 is 0. The molecule has 8 nitrogen and oxygen atoms in total. The lowest BCUT2D eigenvalue weighted by molar-refractivity contribution is 0.0694. The van der Waals surface area contributed by atoms with Crippen LogP contribution in [-0.4, -0.2) is 47.4 Å². The summed E-state index contributed by atoms with van der Waals surface area (Å²) in [6.07, 6.45) is 3.82. The van der Waals surface area contributed by atoms with Gasteiger partial charge in [0, 0.05) is 31.4 Å². The predicted octanol–water partition coefficient (Wildman–Crippen LogP) is 2.34. The van der Waals surface area contributed by atoms with Crippen molar-refractivity contribution in [1.29, 1.82) is 0 Å². The third kappa shape index (κ3) is 4.09. The van der Waals surface area contributed by atoms with Gasteiger partial charge in [0.15, 0.2) is 11.6 Å². The number of aromatic nitrogens is 1. The number of carboxylic acid groups (broad SMARTS) is 1. The zero-order valence-electron chi connectivity index (χ0n) is 17.8. The van der Waals surface area contributed by atoms with Gasteiger partial charge >= 0.3 is 5.97 Å². The molecule has 1 saturated heterocycles. The van der Waals surface area contributed by atoms with Gasteiger partial charge in [0.05, 0.1) is 18.0 Å². The van der Waals surface area contributed by atoms with Crippen molar-refractivity contribution in [3.63, 3.8) is 0 Å². The molecule has 0 spiro atoms. The van der Waals surface area contributed by atoms with E-state index in [9.17, 15) is 14.7 Å². The minimum Gasteiger partial charge on any atom is -0.492 e. The fraction of sp³-hybridized carbons (Fsp3) is 0.524. The lowest BCUT2D eigenvalue weighted by atomic mass is 9.79. The summed E-state index contributed by atoms with van der Waals surface area (Å²) in [6.45, 7) is 5.22. The number of nitrogens with two attached hydrogens (primary N) is 1. The van der Waals surface area contributed by atoms with Crippen molar-refractivity contribution in [2.24, 2.45) is 11.1 Å². The van der Waals surface area contributed by atoms with Gasteiger partial charge in [-0.15, -0.1) is 12.4 Å². The number of methoxy groups -OCH3 is 1. The van der Waals surface area contributed by atoms with E-state index in [1.54, 1.807) is 4.57 Å². The molecule has 1 atom stereocenters. The zero-order chi connectivity index (χ0) is 21.1. The molecule has 1 saturated carbocycles. The molecule has 0 amide bonds. The smallest absolute Gasteiger partial charge is 0.341 e. The molecule has 5 N–H and O–H groups in total. The van der Waals surface area contributed by atoms with E-state index in [1.165, 1.54) is 13.3 Å². The van der Waals surface area contributed by atoms with Gasteiger partial charge in [0.25, 0.3) is 0 Å². The number of carboxylic acids is 1. The zero-order valence-corrected chi connectivity index (χ0v) is 18.6. The number of benzene rings is 1. The molecule has 1 aliphatic heterocycles. The maximum Gasteiger partial charge on any atom is 0.341 e. The number of halogens is 2. The summed E-state index contributed by atoms with van der Waals surface area (Å²) in [5.74, 6) is -1.64. The topological polar surface area (TPSA) is 129 Å². The third-order valence-electron chi connectivity index (χ3n) is 6.20. The average Bonchev–Trinajstić information content (AvgIpc) is 3.48. The summed E-state index contributed by atoms with van der Waals surface area (Å²) < 4.78 is 22.7. The highest BCUT2D eigenvalue weighted by molar-refractivity contribution is 5.97. The molecule has 2 aliphatic rings. The van der Waals surface area contributed by atoms with E-state index in [4.69, 9.17) is 10.5 Å². The Morgan fingerprint density at radius 2 is 1.97 bits per heavy atom. The van der Waals surface area contributed by atoms with Gasteiger partial charge < -0.3 is 30.5 Å². The van der Waals surface area contributed by atoms with E-state index in [-0.39, 0.29) is 52.1 Å². The highest BCUT2D eigenvalue weighted by Crippen LogP contribution is 2.45. The monoisotopic (exact) mass is 457 g/mol. The fourth-order valence-corrected chi connectivity index (χ4v) is 4.29. The van der Waals surface area contributed by atoms with Crippen molar-refractivity contribution in [3.8, 4) is 5.75 Å². The Morgan fingerprint density at radius 3 is 2.48 bits per heavy atom. The standard InChI is InChI=1S/C21H26FN3O4.ClH.H2O/c1-21(2)10-24(7-6-15(21)23)17-14(22)8-12-16(19(17)29-3)25(11-4-5-11)9-13(18(12)26)20(27)28;;/h8-9,11,15H,4-7,10,23H2,1-3H3,(H,27,28);1H;1H2/t15-;;/m1../s1. The highest BCUT2D eigenvalue weighted by atomic mass is 35.5. The molecule has 0 unspecified atom stereocenters. The van der Waals surface area contributed by atoms with Crippen LogP contribution in [0, 0.1) is 11.2 Å². The first kappa shape index (κ1) is 24.9. The molecule has 10 heteroatoms. The second-order valence-corrected chi connectivity index (χ2v) is 8.76. The molecule has 2 aromatic rings. The molecular formula is C21H29ClFN3O5. The van der Waals surface area contributed by atoms with Gasteiger partial charge in [-0.1, -0.05) is 13.8 Å². The van der Waals surface area contributed by atoms with Crippen LogP contribution >= 0.6 is 12.4 Å². The molecule has 172 valence electrons. The Balaban J connectivity index is 0.00000171. The van der Waals surface area contributed by atoms with E-state index >= 15 is 4.39 Å². The fourth-order valence-electron chi connectivity index (χ4n) is 4.29. The maximum absolute atomic E-state index is 15.3. The molecule has 1 aromatic carbocycles. The van der Waals surface area contributed by atoms with Crippen LogP contribution in [0.15, 0.2) is 17.1 Å². The second-order valence-electron chi connectivity index (χ2n) is 8.76. The Morgan fingerprint density at radius 1 is 1.32 bits per heavy atom. The summed E-state index contributed by atoms with van der Waals surface area (Å²) in [5, 5.41) is 9.46. The predicted molar refractivity (Wildman–Crippen MR) is 119 cm³/mol. The quantitative estimate of drug-likeness (QED) is 0.724. The van der Waals surface area contributed by atoms with E-state index in [2.05, 4.69) is 13.8 Å². The minimum atomic E-state index is -1.32. The number of carbonyl (C=O) groups is 1. The SMILES string of the molecule is COc1c(N2CC[C@@H](N)C(C)(C)C2)c(F)cc2c(=O)c(C(=O)O)cn(C3CC3)c12.Cl.O. The van der Waals surface area contributed by atoms with E-state index in [0.29, 0.717) is 30.7 Å². The molecule has 1 aliphatic carbocycles. The third-order valence-corrected chi connectivity index (χ3v) is 6.20. The van der Waals surface area contributed by atoms with Crippen LogP contribution in [0.3, 0.4) is 0 Å². The van der Waals surface area contributed by atoms with Crippen molar-refractivity contribution in [2.45, 2.75) is 45.2 Å². The summed E-state index contributed by atoms with van der Waals surface area (Å²) in [6, 6.07) is 1.24. The van der Waals surface area contributed by atoms with Crippen LogP contribution in [0.25, 0.3) is 10.9 Å². The number of rotatable bonds is 4. The largest absolute Gasteiger partial charge is 0.492 e. The van der Waals surface area contributed by atoms with Crippen LogP contribution in [0.4, 0.5) is 10.1 Å². The normalized spacial score (nSPS) is 20.0. The van der Waals surface area contributed by atoms with Gasteiger partial charge in [-0.2, -0.15) is 0 Å². The molecule has 0 bridgehead atoms. The Kier molecular flexibility index (Phi) is 6.94. The van der Waals surface area contributed by atoms with Gasteiger partial charge in [0.2, 0.25) is 5.43 Å². The van der Waals surface area contributed by atoms with Crippen molar-refractivity contribution < 1.29 is 24.5 Å². The first-order chi connectivity index (χ1) is 13.7. The van der Waals surface area contributed by atoms with E-state index in [0.717, 1.165) is 18.9 Å². The van der Waals surface area contributed by atoms with E-state index in [1.807, 2.05) is 4.90 Å². The van der Waals surface area contributed by atoms with Crippen molar-refractivity contribution in [1.82, 2.24) is 4.57 Å². The average molecular weight is 458 g/mol. The van der Waals surface area contributed by atoms with Gasteiger partial charge in [-0.05, 0) is 30.7 Å². The van der Waals surface area contributed by atoms with Crippen molar-refractivity contribution in [2.75, 3.05) is 25.1 Å². The molecule has 2 heterocycles. The number of nitrogens with zero attached hydrogens (tertiary/aromatic N) is 2. The molecule has 0 radical (unpaired) electrons. The molecule has 1 aromatic heterocycles. The lowest BCUT2D eigenvalue weighted by Crippen LogP contribution is -2.52. The molecule has 31 heavy (non-hydrogen) atoms. The van der Waals surface area contributed by atoms with Gasteiger partial charge in [0.1, 0.15) is 11.3 Å². The Bertz CT molecular complexity index is 1070. The van der Waals surface area contributed by atoms with Crippen LogP contribution in [0.1, 0.15) is 49.5 Å². The van der Waals surface area contributed by atoms with Gasteiger partial charge in [-0.25, -0.2) is 9.18 Å². The number of anilines is 1. The first-order valence-electron chi connectivity index (χ1n) is 9.85. The molecule has 4 rings (SSSR count). The summed E-state index contributed by atoms with van der Waals surface area (Å²) in [4.78, 5) is 26.3. The highest BCUT2D eigenvalue weighted by Gasteiger charge is 2.37. The van der Waals surface area contributed by atoms with Crippen LogP contribution in [0.2, 0.25) is 0 Å². The lowest BCUT2D eigenvalue weighted by Gasteiger charge is -2.44. The Labute approximate surface area is 185 Å². The van der Waals surface area contributed by atoms with Crippen molar-refractivity contribution in [3.05, 3.63) is 33.9 Å². The number of fused-ring (bicyclic) bond motifs is 1. The maximum atomic E-state index is 15.3. The van der Waals surface area contributed by atoms with Crippen LogP contribution in [-0.2, 0) is 0 Å². The number of hydrogen-bond acceptors (Lipinski definition) is 5. The number of piperidine rings is 1. The number of hydrogen-bond donors (Lipinski definition) is 2. The summed E-state index contributed by atoms with van der Waals surface area (Å²) in [5.41, 5.74) is 5.72. The van der Waals surface area contributed by atoms with E-state index < -0.39 is 17.2 Å². The Hall–Kier alpha value is -2.36. The molecular weight excluding hydrogens is 429 g/mol.